The number of benzene rings is 1. The lowest BCUT2D eigenvalue weighted by Crippen LogP contribution is -2.50. The average Bonchev–Trinajstić information content (AvgIpc) is 2.62. The van der Waals surface area contributed by atoms with Gasteiger partial charge < -0.3 is 15.5 Å². The maximum absolute atomic E-state index is 12.3. The van der Waals surface area contributed by atoms with Crippen molar-refractivity contribution >= 4 is 21.7 Å². The summed E-state index contributed by atoms with van der Waals surface area (Å²) in [4.78, 5) is 17.7. The fraction of sp³-hybridized carbons (Fsp3) is 0.529. The zero-order chi connectivity index (χ0) is 18.3. The van der Waals surface area contributed by atoms with E-state index in [0.29, 0.717) is 10.9 Å². The normalized spacial score (nSPS) is 16.6. The number of hydrogen-bond acceptors (Lipinski definition) is 4. The predicted octanol–water partition coefficient (Wildman–Crippen LogP) is 0.636. The summed E-state index contributed by atoms with van der Waals surface area (Å²) < 4.78 is 24.5. The van der Waals surface area contributed by atoms with E-state index in [1.807, 2.05) is 4.90 Å². The number of aliphatic imine (C=N–C) groups is 1. The van der Waals surface area contributed by atoms with Crippen LogP contribution in [0.1, 0.15) is 19.8 Å². The van der Waals surface area contributed by atoms with Crippen LogP contribution < -0.4 is 10.6 Å². The lowest BCUT2D eigenvalue weighted by atomic mass is 10.1. The molecule has 0 atom stereocenters. The third-order valence-electron chi connectivity index (χ3n) is 4.27. The predicted molar refractivity (Wildman–Crippen MR) is 98.3 cm³/mol. The molecule has 7 nitrogen and oxygen atoms in total. The molecule has 25 heavy (non-hydrogen) atoms. The zero-order valence-electron chi connectivity index (χ0n) is 14.7. The van der Waals surface area contributed by atoms with E-state index in [1.54, 1.807) is 44.3 Å². The Hall–Kier alpha value is -2.09. The number of carbonyl (C=O) groups is 1. The topological polar surface area (TPSA) is 90.9 Å². The van der Waals surface area contributed by atoms with E-state index in [9.17, 15) is 13.2 Å². The summed E-state index contributed by atoms with van der Waals surface area (Å²) in [5.74, 6) is 0.692. The number of piperidine rings is 1. The molecule has 1 saturated heterocycles. The van der Waals surface area contributed by atoms with Crippen LogP contribution in [0, 0.1) is 0 Å². The second kappa shape index (κ2) is 8.84. The second-order valence-corrected chi connectivity index (χ2v) is 8.16. The number of likely N-dealkylation sites (tertiary alicyclic amines) is 1. The summed E-state index contributed by atoms with van der Waals surface area (Å²) in [6, 6.07) is 8.66. The number of carbonyl (C=O) groups excluding carboxylic acids is 1. The van der Waals surface area contributed by atoms with Crippen LogP contribution in [0.2, 0.25) is 0 Å². The quantitative estimate of drug-likeness (QED) is 0.589. The molecule has 0 aromatic heterocycles. The highest BCUT2D eigenvalue weighted by Gasteiger charge is 2.21. The zero-order valence-corrected chi connectivity index (χ0v) is 15.6. The van der Waals surface area contributed by atoms with Gasteiger partial charge in [-0.2, -0.15) is 0 Å². The first kappa shape index (κ1) is 19.2. The molecule has 0 radical (unpaired) electrons. The lowest BCUT2D eigenvalue weighted by molar-refractivity contribution is -0.129. The van der Waals surface area contributed by atoms with Crippen molar-refractivity contribution in [3.63, 3.8) is 0 Å². The molecule has 0 bridgehead atoms. The fourth-order valence-electron chi connectivity index (χ4n) is 2.78. The monoisotopic (exact) mass is 366 g/mol. The summed E-state index contributed by atoms with van der Waals surface area (Å²) in [6.45, 7) is 3.32. The van der Waals surface area contributed by atoms with Gasteiger partial charge in [-0.05, 0) is 25.0 Å². The Labute approximate surface area is 149 Å². The Balaban J connectivity index is 1.79. The molecule has 0 unspecified atom stereocenters. The third-order valence-corrected chi connectivity index (χ3v) is 6.00. The number of sulfone groups is 1. The van der Waals surface area contributed by atoms with Gasteiger partial charge in [0.1, 0.15) is 0 Å². The van der Waals surface area contributed by atoms with E-state index in [0.717, 1.165) is 25.9 Å². The van der Waals surface area contributed by atoms with Crippen LogP contribution in [0.25, 0.3) is 0 Å². The highest BCUT2D eigenvalue weighted by Crippen LogP contribution is 2.11. The van der Waals surface area contributed by atoms with Crippen molar-refractivity contribution in [3.05, 3.63) is 30.3 Å². The van der Waals surface area contributed by atoms with Crippen LogP contribution in [0.3, 0.4) is 0 Å². The van der Waals surface area contributed by atoms with Gasteiger partial charge in [-0.3, -0.25) is 9.79 Å². The van der Waals surface area contributed by atoms with E-state index in [4.69, 9.17) is 0 Å². The second-order valence-electron chi connectivity index (χ2n) is 6.06. The Morgan fingerprint density at radius 1 is 1.24 bits per heavy atom. The van der Waals surface area contributed by atoms with Crippen molar-refractivity contribution in [1.82, 2.24) is 15.5 Å². The van der Waals surface area contributed by atoms with Crippen molar-refractivity contribution in [2.24, 2.45) is 4.99 Å². The van der Waals surface area contributed by atoms with Crippen molar-refractivity contribution in [2.45, 2.75) is 30.7 Å². The van der Waals surface area contributed by atoms with Gasteiger partial charge in [-0.1, -0.05) is 18.2 Å². The molecule has 8 heteroatoms. The minimum Gasteiger partial charge on any atom is -0.355 e. The molecule has 1 amide bonds. The first-order valence-corrected chi connectivity index (χ1v) is 10.1. The Morgan fingerprint density at radius 3 is 2.44 bits per heavy atom. The molecule has 1 aliphatic heterocycles. The number of rotatable bonds is 5. The van der Waals surface area contributed by atoms with Gasteiger partial charge in [0, 0.05) is 39.6 Å². The summed E-state index contributed by atoms with van der Waals surface area (Å²) in [6.07, 6.45) is 1.70. The number of nitrogens with one attached hydrogen (secondary N) is 2. The van der Waals surface area contributed by atoms with Crippen LogP contribution in [-0.2, 0) is 14.6 Å². The number of hydrogen-bond donors (Lipinski definition) is 2. The van der Waals surface area contributed by atoms with Crippen molar-refractivity contribution in [2.75, 3.05) is 32.4 Å². The third kappa shape index (κ3) is 5.74. The fourth-order valence-corrected chi connectivity index (χ4v) is 3.95. The van der Waals surface area contributed by atoms with E-state index in [-0.39, 0.29) is 24.2 Å². The van der Waals surface area contributed by atoms with Gasteiger partial charge in [0.25, 0.3) is 0 Å². The summed E-state index contributed by atoms with van der Waals surface area (Å²) in [5, 5.41) is 6.35. The number of guanidine groups is 1. The van der Waals surface area contributed by atoms with Gasteiger partial charge in [0.15, 0.2) is 15.8 Å². The van der Waals surface area contributed by atoms with Crippen LogP contribution in [0.4, 0.5) is 0 Å². The first-order chi connectivity index (χ1) is 11.9. The Morgan fingerprint density at radius 2 is 1.88 bits per heavy atom. The summed E-state index contributed by atoms with van der Waals surface area (Å²) in [5.41, 5.74) is 0. The molecule has 2 rings (SSSR count). The molecule has 0 saturated carbocycles. The Bertz CT molecular complexity index is 696. The Kier molecular flexibility index (Phi) is 6.81. The van der Waals surface area contributed by atoms with Gasteiger partial charge in [0.2, 0.25) is 5.91 Å². The first-order valence-electron chi connectivity index (χ1n) is 8.43. The number of nitrogens with zero attached hydrogens (tertiary/aromatic N) is 2. The maximum Gasteiger partial charge on any atom is 0.219 e. The SMILES string of the molecule is CN=C(NCCS(=O)(=O)c1ccccc1)NC1CCN(C(C)=O)CC1. The molecule has 1 aromatic carbocycles. The van der Waals surface area contributed by atoms with E-state index >= 15 is 0 Å². The van der Waals surface area contributed by atoms with E-state index in [2.05, 4.69) is 15.6 Å². The van der Waals surface area contributed by atoms with Crippen LogP contribution in [-0.4, -0.2) is 63.7 Å². The highest BCUT2D eigenvalue weighted by atomic mass is 32.2. The number of amides is 1. The van der Waals surface area contributed by atoms with Gasteiger partial charge in [-0.15, -0.1) is 0 Å². The molecule has 1 aliphatic rings. The molecule has 0 spiro atoms. The molecular weight excluding hydrogens is 340 g/mol. The molecule has 0 aliphatic carbocycles. The maximum atomic E-state index is 12.3. The average molecular weight is 366 g/mol. The minimum atomic E-state index is -3.30. The molecular formula is C17H26N4O3S. The van der Waals surface area contributed by atoms with Gasteiger partial charge in [-0.25, -0.2) is 8.42 Å². The standard InChI is InChI=1S/C17H26N4O3S/c1-14(22)21-11-8-15(9-12-21)20-17(18-2)19-10-13-25(23,24)16-6-4-3-5-7-16/h3-7,15H,8-13H2,1-2H3,(H2,18,19,20). The van der Waals surface area contributed by atoms with E-state index < -0.39 is 9.84 Å². The smallest absolute Gasteiger partial charge is 0.219 e. The van der Waals surface area contributed by atoms with Crippen LogP contribution in [0.15, 0.2) is 40.2 Å². The largest absolute Gasteiger partial charge is 0.355 e. The van der Waals surface area contributed by atoms with Crippen molar-refractivity contribution in [1.29, 1.82) is 0 Å². The van der Waals surface area contributed by atoms with Gasteiger partial charge in [0.05, 0.1) is 10.6 Å². The minimum absolute atomic E-state index is 0.000490. The van der Waals surface area contributed by atoms with Crippen LogP contribution in [0.5, 0.6) is 0 Å². The van der Waals surface area contributed by atoms with E-state index in [1.165, 1.54) is 0 Å². The molecule has 138 valence electrons. The lowest BCUT2D eigenvalue weighted by Gasteiger charge is -2.32. The van der Waals surface area contributed by atoms with Crippen molar-refractivity contribution in [3.8, 4) is 0 Å². The summed E-state index contributed by atoms with van der Waals surface area (Å²) in [7, 11) is -1.65. The van der Waals surface area contributed by atoms with Gasteiger partial charge >= 0.3 is 0 Å². The van der Waals surface area contributed by atoms with Crippen LogP contribution >= 0.6 is 0 Å². The van der Waals surface area contributed by atoms with Crippen molar-refractivity contribution < 1.29 is 13.2 Å². The summed E-state index contributed by atoms with van der Waals surface area (Å²) >= 11 is 0. The highest BCUT2D eigenvalue weighted by molar-refractivity contribution is 7.91. The molecule has 1 heterocycles. The molecule has 1 fully saturated rings. The molecule has 2 N–H and O–H groups in total. The molecule has 1 aromatic rings.